The van der Waals surface area contributed by atoms with Gasteiger partial charge in [-0.25, -0.2) is 4.98 Å². The van der Waals surface area contributed by atoms with Gasteiger partial charge in [0.1, 0.15) is 5.82 Å². The van der Waals surface area contributed by atoms with Crippen molar-refractivity contribution in [2.75, 3.05) is 18.0 Å². The molecule has 0 radical (unpaired) electrons. The van der Waals surface area contributed by atoms with Gasteiger partial charge in [-0.05, 0) is 37.5 Å². The monoisotopic (exact) mass is 309 g/mol. The van der Waals surface area contributed by atoms with Crippen LogP contribution in [0.3, 0.4) is 0 Å². The summed E-state index contributed by atoms with van der Waals surface area (Å²) in [6.07, 6.45) is 1.38. The predicted octanol–water partition coefficient (Wildman–Crippen LogP) is 2.99. The van der Waals surface area contributed by atoms with Crippen LogP contribution in [0.15, 0.2) is 24.3 Å². The largest absolute Gasteiger partial charge is 0.385 e. The first kappa shape index (κ1) is 13.8. The van der Waals surface area contributed by atoms with Gasteiger partial charge in [0.05, 0.1) is 5.60 Å². The van der Waals surface area contributed by atoms with Gasteiger partial charge in [-0.2, -0.15) is 4.37 Å². The molecule has 2 aromatic rings. The fraction of sp³-hybridized carbons (Fsp3) is 0.429. The molecule has 1 N–H and O–H groups in total. The third-order valence-corrected chi connectivity index (χ3v) is 4.88. The second-order valence-electron chi connectivity index (χ2n) is 5.15. The lowest BCUT2D eigenvalue weighted by molar-refractivity contribution is 0.0118. The highest BCUT2D eigenvalue weighted by Gasteiger charge is 2.34. The normalized spacial score (nSPS) is 18.2. The maximum absolute atomic E-state index is 10.8. The fourth-order valence-corrected chi connectivity index (χ4v) is 3.38. The molecule has 0 unspecified atom stereocenters. The molecule has 1 aliphatic heterocycles. The van der Waals surface area contributed by atoms with Crippen molar-refractivity contribution >= 4 is 28.3 Å². The molecule has 3 rings (SSSR count). The predicted molar refractivity (Wildman–Crippen MR) is 81.4 cm³/mol. The van der Waals surface area contributed by atoms with Crippen LogP contribution >= 0.6 is 23.1 Å². The van der Waals surface area contributed by atoms with E-state index in [0.29, 0.717) is 17.9 Å². The van der Waals surface area contributed by atoms with Crippen LogP contribution in [0.5, 0.6) is 0 Å². The molecule has 106 valence electrons. The Morgan fingerprint density at radius 2 is 1.90 bits per heavy atom. The minimum atomic E-state index is -0.763. The molecule has 4 nitrogen and oxygen atoms in total. The van der Waals surface area contributed by atoms with Crippen molar-refractivity contribution in [3.05, 3.63) is 40.7 Å². The molecular formula is C14H16ClN3OS. The lowest BCUT2D eigenvalue weighted by atomic mass is 9.84. The Bertz CT molecular complexity index is 591. The molecule has 6 heteroatoms. The lowest BCUT2D eigenvalue weighted by Gasteiger charge is -2.38. The van der Waals surface area contributed by atoms with Crippen LogP contribution in [0.2, 0.25) is 5.02 Å². The summed E-state index contributed by atoms with van der Waals surface area (Å²) < 4.78 is 4.21. The first-order chi connectivity index (χ1) is 9.57. The number of benzene rings is 1. The van der Waals surface area contributed by atoms with Crippen LogP contribution in [-0.2, 0) is 5.60 Å². The molecule has 0 saturated carbocycles. The van der Waals surface area contributed by atoms with E-state index in [1.807, 2.05) is 31.2 Å². The fourth-order valence-electron chi connectivity index (χ4n) is 2.53. The molecule has 1 aromatic carbocycles. The van der Waals surface area contributed by atoms with E-state index < -0.39 is 5.60 Å². The molecule has 2 heterocycles. The smallest absolute Gasteiger partial charge is 0.205 e. The number of hydrogen-bond donors (Lipinski definition) is 1. The second kappa shape index (κ2) is 5.31. The molecule has 20 heavy (non-hydrogen) atoms. The molecule has 1 fully saturated rings. The summed E-state index contributed by atoms with van der Waals surface area (Å²) in [5.41, 5.74) is 0.177. The van der Waals surface area contributed by atoms with E-state index >= 15 is 0 Å². The molecule has 0 aliphatic carbocycles. The topological polar surface area (TPSA) is 49.2 Å². The highest BCUT2D eigenvalue weighted by atomic mass is 35.5. The number of hydrogen-bond acceptors (Lipinski definition) is 5. The van der Waals surface area contributed by atoms with E-state index in [1.165, 1.54) is 11.5 Å². The van der Waals surface area contributed by atoms with E-state index in [2.05, 4.69) is 14.3 Å². The van der Waals surface area contributed by atoms with E-state index in [0.717, 1.165) is 29.6 Å². The Balaban J connectivity index is 1.72. The van der Waals surface area contributed by atoms with E-state index in [9.17, 15) is 5.11 Å². The Morgan fingerprint density at radius 3 is 2.45 bits per heavy atom. The van der Waals surface area contributed by atoms with Crippen LogP contribution in [-0.4, -0.2) is 27.6 Å². The Kier molecular flexibility index (Phi) is 3.67. The van der Waals surface area contributed by atoms with Gasteiger partial charge in [0, 0.05) is 29.6 Å². The molecule has 0 amide bonds. The molecule has 0 atom stereocenters. The van der Waals surface area contributed by atoms with Gasteiger partial charge in [0.25, 0.3) is 0 Å². The lowest BCUT2D eigenvalue weighted by Crippen LogP contribution is -2.42. The summed E-state index contributed by atoms with van der Waals surface area (Å²) in [4.78, 5) is 6.59. The first-order valence-corrected chi connectivity index (χ1v) is 7.76. The SMILES string of the molecule is Cc1nsc(N2CCC(O)(c3ccc(Cl)cc3)CC2)n1. The number of nitrogens with zero attached hydrogens (tertiary/aromatic N) is 3. The zero-order chi connectivity index (χ0) is 14.2. The average Bonchev–Trinajstić information content (AvgIpc) is 2.87. The summed E-state index contributed by atoms with van der Waals surface area (Å²) >= 11 is 7.32. The summed E-state index contributed by atoms with van der Waals surface area (Å²) in [5, 5.41) is 12.4. The van der Waals surface area contributed by atoms with Crippen molar-refractivity contribution < 1.29 is 5.11 Å². The van der Waals surface area contributed by atoms with Crippen molar-refractivity contribution in [3.8, 4) is 0 Å². The van der Waals surface area contributed by atoms with Crippen LogP contribution in [0.4, 0.5) is 5.13 Å². The van der Waals surface area contributed by atoms with E-state index in [-0.39, 0.29) is 0 Å². The minimum absolute atomic E-state index is 0.688. The number of anilines is 1. The van der Waals surface area contributed by atoms with Crippen LogP contribution in [0.25, 0.3) is 0 Å². The number of aromatic nitrogens is 2. The van der Waals surface area contributed by atoms with Crippen molar-refractivity contribution in [2.45, 2.75) is 25.4 Å². The average molecular weight is 310 g/mol. The van der Waals surface area contributed by atoms with Gasteiger partial charge in [0.2, 0.25) is 5.13 Å². The number of piperidine rings is 1. The third-order valence-electron chi connectivity index (χ3n) is 3.76. The van der Waals surface area contributed by atoms with Crippen LogP contribution in [0.1, 0.15) is 24.2 Å². The molecular weight excluding hydrogens is 294 g/mol. The molecule has 0 spiro atoms. The molecule has 1 saturated heterocycles. The van der Waals surface area contributed by atoms with Gasteiger partial charge < -0.3 is 10.0 Å². The zero-order valence-electron chi connectivity index (χ0n) is 11.2. The highest BCUT2D eigenvalue weighted by molar-refractivity contribution is 7.09. The van der Waals surface area contributed by atoms with Gasteiger partial charge in [-0.15, -0.1) is 0 Å². The summed E-state index contributed by atoms with van der Waals surface area (Å²) in [5.74, 6) is 0.809. The van der Waals surface area contributed by atoms with Gasteiger partial charge in [-0.1, -0.05) is 23.7 Å². The maximum Gasteiger partial charge on any atom is 0.205 e. The van der Waals surface area contributed by atoms with Gasteiger partial charge >= 0.3 is 0 Å². The van der Waals surface area contributed by atoms with Crippen molar-refractivity contribution in [1.29, 1.82) is 0 Å². The number of aryl methyl sites for hydroxylation is 1. The summed E-state index contributed by atoms with van der Waals surface area (Å²) in [6.45, 7) is 3.47. The van der Waals surface area contributed by atoms with Gasteiger partial charge in [0.15, 0.2) is 0 Å². The maximum atomic E-state index is 10.8. The summed E-state index contributed by atoms with van der Waals surface area (Å²) in [6, 6.07) is 7.48. The minimum Gasteiger partial charge on any atom is -0.385 e. The first-order valence-electron chi connectivity index (χ1n) is 6.60. The molecule has 0 bridgehead atoms. The Labute approximate surface area is 127 Å². The van der Waals surface area contributed by atoms with Crippen molar-refractivity contribution in [3.63, 3.8) is 0 Å². The van der Waals surface area contributed by atoms with Crippen LogP contribution < -0.4 is 4.90 Å². The number of aliphatic hydroxyl groups is 1. The summed E-state index contributed by atoms with van der Waals surface area (Å²) in [7, 11) is 0. The Hall–Kier alpha value is -1.17. The van der Waals surface area contributed by atoms with E-state index in [1.54, 1.807) is 0 Å². The van der Waals surface area contributed by atoms with Crippen molar-refractivity contribution in [1.82, 2.24) is 9.36 Å². The molecule has 1 aromatic heterocycles. The van der Waals surface area contributed by atoms with Crippen molar-refractivity contribution in [2.24, 2.45) is 0 Å². The standard InChI is InChI=1S/C14H16ClN3OS/c1-10-16-13(20-17-10)18-8-6-14(19,7-9-18)11-2-4-12(15)5-3-11/h2-5,19H,6-9H2,1H3. The Morgan fingerprint density at radius 1 is 1.25 bits per heavy atom. The number of rotatable bonds is 2. The quantitative estimate of drug-likeness (QED) is 0.926. The van der Waals surface area contributed by atoms with Crippen LogP contribution in [0, 0.1) is 6.92 Å². The number of halogens is 1. The van der Waals surface area contributed by atoms with Gasteiger partial charge in [-0.3, -0.25) is 0 Å². The molecule has 1 aliphatic rings. The highest BCUT2D eigenvalue weighted by Crippen LogP contribution is 2.35. The zero-order valence-corrected chi connectivity index (χ0v) is 12.8. The third kappa shape index (κ3) is 2.66. The second-order valence-corrected chi connectivity index (χ2v) is 6.32. The van der Waals surface area contributed by atoms with E-state index in [4.69, 9.17) is 11.6 Å².